The van der Waals surface area contributed by atoms with Crippen molar-refractivity contribution in [3.63, 3.8) is 0 Å². The maximum atomic E-state index is 12.0. The Morgan fingerprint density at radius 2 is 2.05 bits per heavy atom. The number of hydrogen-bond acceptors (Lipinski definition) is 5. The van der Waals surface area contributed by atoms with Crippen LogP contribution in [0, 0.1) is 0 Å². The van der Waals surface area contributed by atoms with Crippen molar-refractivity contribution < 1.29 is 18.0 Å². The highest BCUT2D eigenvalue weighted by molar-refractivity contribution is 9.10. The lowest BCUT2D eigenvalue weighted by Gasteiger charge is -2.19. The summed E-state index contributed by atoms with van der Waals surface area (Å²) >= 11 is 3.14. The van der Waals surface area contributed by atoms with Crippen LogP contribution < -0.4 is 10.2 Å². The van der Waals surface area contributed by atoms with Gasteiger partial charge in [0.1, 0.15) is 0 Å². The minimum atomic E-state index is -3.93. The molecule has 0 saturated heterocycles. The zero-order valence-corrected chi connectivity index (χ0v) is 14.2. The molecular weight excluding hydrogens is 362 g/mol. The van der Waals surface area contributed by atoms with Gasteiger partial charge in [-0.2, -0.15) is 0 Å². The van der Waals surface area contributed by atoms with Gasteiger partial charge in [0.2, 0.25) is 0 Å². The lowest BCUT2D eigenvalue weighted by molar-refractivity contribution is 0.0856. The highest BCUT2D eigenvalue weighted by Gasteiger charge is 2.21. The first-order valence-electron chi connectivity index (χ1n) is 6.29. The molecule has 0 fully saturated rings. The van der Waals surface area contributed by atoms with E-state index in [-0.39, 0.29) is 4.90 Å². The van der Waals surface area contributed by atoms with E-state index in [0.29, 0.717) is 24.1 Å². The van der Waals surface area contributed by atoms with Crippen LogP contribution >= 0.6 is 15.9 Å². The Kier molecular flexibility index (Phi) is 7.09. The third-order valence-electron chi connectivity index (χ3n) is 2.64. The van der Waals surface area contributed by atoms with Crippen molar-refractivity contribution in [2.24, 2.45) is 0 Å². The lowest BCUT2D eigenvalue weighted by Crippen LogP contribution is -2.40. The van der Waals surface area contributed by atoms with Gasteiger partial charge in [-0.1, -0.05) is 12.1 Å². The molecule has 0 saturated carbocycles. The topological polar surface area (TPSA) is 87.7 Å². The van der Waals surface area contributed by atoms with Crippen molar-refractivity contribution in [3.05, 3.63) is 28.7 Å². The quantitative estimate of drug-likeness (QED) is 0.697. The first-order chi connectivity index (χ1) is 9.92. The van der Waals surface area contributed by atoms with Crippen LogP contribution in [0.15, 0.2) is 33.6 Å². The SMILES string of the molecule is CCN(CCNC)C(=O)ONS(=O)(=O)c1ccccc1Br. The highest BCUT2D eigenvalue weighted by Crippen LogP contribution is 2.20. The summed E-state index contributed by atoms with van der Waals surface area (Å²) < 4.78 is 24.5. The van der Waals surface area contributed by atoms with Gasteiger partial charge in [-0.25, -0.2) is 13.2 Å². The van der Waals surface area contributed by atoms with Gasteiger partial charge in [0.05, 0.1) is 4.90 Å². The summed E-state index contributed by atoms with van der Waals surface area (Å²) in [5.41, 5.74) is 0. The van der Waals surface area contributed by atoms with E-state index in [1.807, 2.05) is 4.89 Å². The number of nitrogens with one attached hydrogen (secondary N) is 2. The minimum Gasteiger partial charge on any atom is -0.338 e. The molecule has 0 spiro atoms. The molecule has 0 aromatic heterocycles. The molecule has 0 radical (unpaired) electrons. The largest absolute Gasteiger partial charge is 0.429 e. The number of nitrogens with zero attached hydrogens (tertiary/aromatic N) is 1. The Bertz CT molecular complexity index is 580. The van der Waals surface area contributed by atoms with Crippen molar-refractivity contribution in [2.45, 2.75) is 11.8 Å². The van der Waals surface area contributed by atoms with E-state index in [9.17, 15) is 13.2 Å². The third-order valence-corrected chi connectivity index (χ3v) is 4.83. The Morgan fingerprint density at radius 1 is 1.38 bits per heavy atom. The lowest BCUT2D eigenvalue weighted by atomic mass is 10.4. The Balaban J connectivity index is 2.69. The van der Waals surface area contributed by atoms with E-state index < -0.39 is 16.1 Å². The number of halogens is 1. The molecule has 0 bridgehead atoms. The molecule has 118 valence electrons. The number of benzene rings is 1. The van der Waals surface area contributed by atoms with Crippen LogP contribution in [0.5, 0.6) is 0 Å². The van der Waals surface area contributed by atoms with Crippen LogP contribution in [-0.4, -0.2) is 46.1 Å². The number of sulfonamides is 1. The first-order valence-corrected chi connectivity index (χ1v) is 8.56. The van der Waals surface area contributed by atoms with Crippen molar-refractivity contribution in [2.75, 3.05) is 26.7 Å². The minimum absolute atomic E-state index is 0.00364. The molecule has 21 heavy (non-hydrogen) atoms. The van der Waals surface area contributed by atoms with Gasteiger partial charge in [-0.3, -0.25) is 0 Å². The number of rotatable bonds is 7. The van der Waals surface area contributed by atoms with E-state index in [1.165, 1.54) is 11.0 Å². The Hall–Kier alpha value is -1.16. The number of carbonyl (C=O) groups is 1. The van der Waals surface area contributed by atoms with Crippen LogP contribution in [-0.2, 0) is 14.9 Å². The standard InChI is InChI=1S/C12H18BrN3O4S/c1-3-16(9-8-14-2)12(17)20-15-21(18,19)11-7-5-4-6-10(11)13/h4-7,14-15H,3,8-9H2,1-2H3. The normalized spacial score (nSPS) is 11.2. The second-order valence-electron chi connectivity index (χ2n) is 4.07. The summed E-state index contributed by atoms with van der Waals surface area (Å²) in [7, 11) is -2.17. The average molecular weight is 380 g/mol. The van der Waals surface area contributed by atoms with Gasteiger partial charge in [-0.15, -0.1) is 0 Å². The fraction of sp³-hybridized carbons (Fsp3) is 0.417. The number of hydrogen-bond donors (Lipinski definition) is 2. The molecule has 0 aliphatic carbocycles. The van der Waals surface area contributed by atoms with E-state index in [0.717, 1.165) is 0 Å². The third kappa shape index (κ3) is 5.27. The van der Waals surface area contributed by atoms with Crippen molar-refractivity contribution in [1.82, 2.24) is 15.1 Å². The number of likely N-dealkylation sites (N-methyl/N-ethyl adjacent to an activating group) is 2. The Labute approximate surface area is 132 Å². The summed E-state index contributed by atoms with van der Waals surface area (Å²) in [6.07, 6.45) is -0.747. The fourth-order valence-corrected chi connectivity index (χ4v) is 3.27. The van der Waals surface area contributed by atoms with Crippen molar-refractivity contribution in [1.29, 1.82) is 0 Å². The zero-order valence-electron chi connectivity index (χ0n) is 11.8. The number of amides is 1. The second-order valence-corrected chi connectivity index (χ2v) is 6.54. The molecule has 9 heteroatoms. The van der Waals surface area contributed by atoms with Gasteiger partial charge in [0.15, 0.2) is 0 Å². The maximum absolute atomic E-state index is 12.0. The van der Waals surface area contributed by atoms with Crippen molar-refractivity contribution >= 4 is 32.0 Å². The van der Waals surface area contributed by atoms with Crippen LogP contribution in [0.25, 0.3) is 0 Å². The first kappa shape index (κ1) is 17.9. The average Bonchev–Trinajstić information content (AvgIpc) is 2.46. The monoisotopic (exact) mass is 379 g/mol. The van der Waals surface area contributed by atoms with Crippen molar-refractivity contribution in [3.8, 4) is 0 Å². The molecule has 0 atom stereocenters. The number of carbonyl (C=O) groups excluding carboxylic acids is 1. The van der Waals surface area contributed by atoms with E-state index in [1.54, 1.807) is 32.2 Å². The predicted molar refractivity (Wildman–Crippen MR) is 82.1 cm³/mol. The summed E-state index contributed by atoms with van der Waals surface area (Å²) in [6.45, 7) is 3.19. The molecule has 0 unspecified atom stereocenters. The van der Waals surface area contributed by atoms with Crippen LogP contribution in [0.4, 0.5) is 4.79 Å². The van der Waals surface area contributed by atoms with Crippen LogP contribution in [0.1, 0.15) is 6.92 Å². The molecule has 1 aromatic rings. The summed E-state index contributed by atoms with van der Waals surface area (Å²) in [5.74, 6) is 0. The van der Waals surface area contributed by atoms with E-state index in [2.05, 4.69) is 26.1 Å². The van der Waals surface area contributed by atoms with Gasteiger partial charge in [-0.05, 0) is 46.9 Å². The van der Waals surface area contributed by atoms with E-state index >= 15 is 0 Å². The van der Waals surface area contributed by atoms with Gasteiger partial charge in [0, 0.05) is 24.1 Å². The molecule has 0 heterocycles. The molecule has 7 nitrogen and oxygen atoms in total. The molecule has 0 aliphatic heterocycles. The fourth-order valence-electron chi connectivity index (χ4n) is 1.49. The maximum Gasteiger partial charge on any atom is 0.429 e. The summed E-state index contributed by atoms with van der Waals surface area (Å²) in [4.78, 5) is 19.7. The molecule has 1 amide bonds. The summed E-state index contributed by atoms with van der Waals surface area (Å²) in [5, 5.41) is 2.90. The predicted octanol–water partition coefficient (Wildman–Crippen LogP) is 1.32. The highest BCUT2D eigenvalue weighted by atomic mass is 79.9. The van der Waals surface area contributed by atoms with Crippen LogP contribution in [0.3, 0.4) is 0 Å². The van der Waals surface area contributed by atoms with Crippen LogP contribution in [0.2, 0.25) is 0 Å². The Morgan fingerprint density at radius 3 is 2.62 bits per heavy atom. The second kappa shape index (κ2) is 8.32. The smallest absolute Gasteiger partial charge is 0.338 e. The molecule has 0 aliphatic rings. The zero-order chi connectivity index (χ0) is 15.9. The van der Waals surface area contributed by atoms with Gasteiger partial charge >= 0.3 is 6.09 Å². The molecule has 2 N–H and O–H groups in total. The summed E-state index contributed by atoms with van der Waals surface area (Å²) in [6, 6.07) is 6.25. The molecule has 1 aromatic carbocycles. The molecule has 1 rings (SSSR count). The van der Waals surface area contributed by atoms with Gasteiger partial charge in [0.25, 0.3) is 10.0 Å². The van der Waals surface area contributed by atoms with E-state index in [4.69, 9.17) is 0 Å². The van der Waals surface area contributed by atoms with Gasteiger partial charge < -0.3 is 15.1 Å². The molecular formula is C12H18BrN3O4S.